The van der Waals surface area contributed by atoms with Crippen molar-refractivity contribution in [3.05, 3.63) is 43.0 Å². The third-order valence-electron chi connectivity index (χ3n) is 4.07. The monoisotopic (exact) mass is 538 g/mol. The lowest BCUT2D eigenvalue weighted by atomic mass is 10.1. The van der Waals surface area contributed by atoms with Gasteiger partial charge in [0.15, 0.2) is 7.47 Å². The Balaban J connectivity index is 2.19. The number of azide groups is 1. The van der Waals surface area contributed by atoms with Gasteiger partial charge in [0, 0.05) is 23.1 Å². The van der Waals surface area contributed by atoms with Crippen LogP contribution in [0.1, 0.15) is 18.2 Å². The van der Waals surface area contributed by atoms with Gasteiger partial charge < -0.3 is 28.5 Å². The first-order valence-electron chi connectivity index (χ1n) is 8.18. The summed E-state index contributed by atoms with van der Waals surface area (Å²) in [5, 5.41) is -2.08. The second-order valence-corrected chi connectivity index (χ2v) is 11.3. The zero-order valence-electron chi connectivity index (χ0n) is 15.7. The smallest absolute Gasteiger partial charge is 0.352 e. The van der Waals surface area contributed by atoms with E-state index in [4.69, 9.17) is 24.6 Å². The lowest BCUT2D eigenvalue weighted by molar-refractivity contribution is -0.0232. The first kappa shape index (κ1) is 27.6. The molecule has 5 atom stereocenters. The Hall–Kier alpha value is -1.64. The predicted molar refractivity (Wildman–Crippen MR) is 109 cm³/mol. The molecule has 0 bridgehead atoms. The van der Waals surface area contributed by atoms with E-state index in [0.717, 1.165) is 4.57 Å². The number of hydrogen-bond acceptors (Lipinski definition) is 9. The third kappa shape index (κ3) is 6.08. The highest BCUT2D eigenvalue weighted by atomic mass is 31.3. The van der Waals surface area contributed by atoms with Crippen molar-refractivity contribution in [1.29, 1.82) is 0 Å². The molecule has 1 aliphatic heterocycles. The Morgan fingerprint density at radius 3 is 2.55 bits per heavy atom. The highest BCUT2D eigenvalue weighted by Gasteiger charge is 2.66. The fraction of sp³-hybridized carbons (Fsp3) is 0.636. The highest BCUT2D eigenvalue weighted by Crippen LogP contribution is 2.77. The normalized spacial score (nSPS) is 25.1. The van der Waals surface area contributed by atoms with Crippen LogP contribution in [0.2, 0.25) is 0 Å². The Bertz CT molecular complexity index is 1230. The van der Waals surface area contributed by atoms with Crippen molar-refractivity contribution in [2.24, 2.45) is 5.11 Å². The van der Waals surface area contributed by atoms with Gasteiger partial charge in [-0.05, 0) is 12.5 Å². The van der Waals surface area contributed by atoms with Crippen LogP contribution >= 0.6 is 22.7 Å². The van der Waals surface area contributed by atoms with E-state index in [1.807, 2.05) is 4.98 Å². The number of halogens is 2. The number of aromatic nitrogens is 2. The number of hydrogen-bond donors (Lipinski definition) is 4. The van der Waals surface area contributed by atoms with Crippen LogP contribution in [0.5, 0.6) is 0 Å². The molecule has 0 amide bonds. The van der Waals surface area contributed by atoms with Crippen LogP contribution in [-0.2, 0) is 27.3 Å². The number of alkyl halides is 2. The summed E-state index contributed by atoms with van der Waals surface area (Å²) in [5.41, 5.74) is 7.41. The molecule has 0 aromatic carbocycles. The molecule has 0 aliphatic carbocycles. The quantitative estimate of drug-likeness (QED) is 0.109. The standard InChI is InChI=1S/C11H18BF2N5O11P3/c1-5-3-19(10(21)16-9(5)20)8-2-6(17-18-15)7(29-8)4-28-33(12,27)30-32(25,26)11(13,14)31(22,23)24/h3,6-8H,2,4H2,1,12H3,(H,25,26)(H,16,20,21)(H2,22,23,24)/q-1/t6-,7-,8-,33?/m1/s1. The highest BCUT2D eigenvalue weighted by molar-refractivity contribution is 7.86. The van der Waals surface area contributed by atoms with Gasteiger partial charge in [-0.2, -0.15) is 8.78 Å². The van der Waals surface area contributed by atoms with E-state index in [9.17, 15) is 37.0 Å². The Kier molecular flexibility index (Phi) is 7.99. The summed E-state index contributed by atoms with van der Waals surface area (Å²) in [6, 6.07) is -1.03. The molecule has 2 unspecified atom stereocenters. The van der Waals surface area contributed by atoms with E-state index in [-0.39, 0.29) is 12.0 Å². The second kappa shape index (κ2) is 9.55. The zero-order valence-corrected chi connectivity index (χ0v) is 18.4. The molecule has 1 aromatic heterocycles. The molecular formula is C11H18BF2N5O11P3-. The lowest BCUT2D eigenvalue weighted by Gasteiger charge is -2.28. The first-order valence-corrected chi connectivity index (χ1v) is 12.5. The largest absolute Gasteiger partial charge is 0.444 e. The third-order valence-corrected chi connectivity index (χ3v) is 8.77. The number of aromatic amines is 1. The molecular weight excluding hydrogens is 520 g/mol. The summed E-state index contributed by atoms with van der Waals surface area (Å²) in [5.74, 6) is 0. The zero-order chi connectivity index (χ0) is 25.4. The van der Waals surface area contributed by atoms with E-state index in [0.29, 0.717) is 0 Å². The minimum absolute atomic E-state index is 0.111. The van der Waals surface area contributed by atoms with Gasteiger partial charge in [0.1, 0.15) is 6.23 Å². The van der Waals surface area contributed by atoms with E-state index < -0.39 is 71.9 Å². The van der Waals surface area contributed by atoms with Crippen LogP contribution in [0.15, 0.2) is 20.9 Å². The van der Waals surface area contributed by atoms with Gasteiger partial charge in [0.2, 0.25) is 0 Å². The number of H-pyrrole nitrogens is 1. The Morgan fingerprint density at radius 2 is 2.00 bits per heavy atom. The molecule has 2 rings (SSSR count). The van der Waals surface area contributed by atoms with Crippen molar-refractivity contribution in [2.75, 3.05) is 6.61 Å². The van der Waals surface area contributed by atoms with E-state index in [2.05, 4.69) is 14.3 Å². The van der Waals surface area contributed by atoms with Crippen molar-refractivity contribution >= 4 is 30.2 Å². The number of aryl methyl sites for hydroxylation is 1. The number of ether oxygens (including phenoxy) is 1. The molecule has 1 aromatic rings. The summed E-state index contributed by atoms with van der Waals surface area (Å²) >= 11 is 0. The van der Waals surface area contributed by atoms with Crippen LogP contribution in [0.25, 0.3) is 10.4 Å². The molecule has 22 heteroatoms. The van der Waals surface area contributed by atoms with Gasteiger partial charge in [0.25, 0.3) is 5.56 Å². The maximum Gasteiger partial charge on any atom is 0.444 e. The van der Waals surface area contributed by atoms with Crippen molar-refractivity contribution < 1.29 is 50.7 Å². The van der Waals surface area contributed by atoms with Crippen LogP contribution < -0.4 is 11.2 Å². The Morgan fingerprint density at radius 1 is 1.39 bits per heavy atom. The fourth-order valence-corrected chi connectivity index (χ4v) is 5.70. The SMILES string of the molecule is [BH3-]P(=O)(OC[C@H]1O[C@@H](n2cc(C)c(=O)[nH]c2=O)C[C@H]1N=[N+]=[N-])OP(=O)(O)C(F)(F)P(=O)(O)O. The van der Waals surface area contributed by atoms with Gasteiger partial charge in [-0.1, -0.05) is 5.11 Å². The minimum Gasteiger partial charge on any atom is -0.352 e. The summed E-state index contributed by atoms with van der Waals surface area (Å²) in [6.07, 6.45) is -1.23. The van der Waals surface area contributed by atoms with Crippen LogP contribution in [0, 0.1) is 6.92 Å². The lowest BCUT2D eigenvalue weighted by Crippen LogP contribution is -2.33. The average Bonchev–Trinajstić information content (AvgIpc) is 3.04. The summed E-state index contributed by atoms with van der Waals surface area (Å²) in [7, 11) is -19.3. The first-order chi connectivity index (χ1) is 14.9. The molecule has 0 saturated carbocycles. The average molecular weight is 538 g/mol. The molecule has 1 fully saturated rings. The topological polar surface area (TPSA) is 243 Å². The molecule has 0 spiro atoms. The van der Waals surface area contributed by atoms with E-state index in [1.165, 1.54) is 13.1 Å². The molecule has 0 radical (unpaired) electrons. The molecule has 1 saturated heterocycles. The molecule has 1 aliphatic rings. The van der Waals surface area contributed by atoms with Crippen LogP contribution in [0.3, 0.4) is 0 Å². The van der Waals surface area contributed by atoms with E-state index >= 15 is 0 Å². The maximum absolute atomic E-state index is 13.6. The van der Waals surface area contributed by atoms with Gasteiger partial charge in [-0.25, -0.2) is 4.79 Å². The predicted octanol–water partition coefficient (Wildman–Crippen LogP) is 0.232. The van der Waals surface area contributed by atoms with E-state index in [1.54, 1.807) is 0 Å². The molecule has 2 heterocycles. The fourth-order valence-electron chi connectivity index (χ4n) is 2.49. The van der Waals surface area contributed by atoms with Crippen LogP contribution in [-0.4, -0.2) is 56.0 Å². The number of rotatable bonds is 9. The summed E-state index contributed by atoms with van der Waals surface area (Å²) in [4.78, 5) is 54.7. The molecule has 4 N–H and O–H groups in total. The second-order valence-electron chi connectivity index (χ2n) is 6.29. The number of nitrogens with zero attached hydrogens (tertiary/aromatic N) is 4. The van der Waals surface area contributed by atoms with Crippen molar-refractivity contribution in [1.82, 2.24) is 9.55 Å². The van der Waals surface area contributed by atoms with Gasteiger partial charge in [0.05, 0.1) is 26.3 Å². The van der Waals surface area contributed by atoms with Crippen molar-refractivity contribution in [3.63, 3.8) is 0 Å². The van der Waals surface area contributed by atoms with Gasteiger partial charge >= 0.3 is 26.3 Å². The molecule has 186 valence electrons. The van der Waals surface area contributed by atoms with Crippen molar-refractivity contribution in [3.8, 4) is 0 Å². The summed E-state index contributed by atoms with van der Waals surface area (Å²) in [6.45, 7) is 0.647. The van der Waals surface area contributed by atoms with Gasteiger partial charge in [-0.3, -0.25) is 27.8 Å². The Labute approximate surface area is 183 Å². The van der Waals surface area contributed by atoms with Crippen LogP contribution in [0.4, 0.5) is 8.78 Å². The maximum atomic E-state index is 13.6. The molecule has 33 heavy (non-hydrogen) atoms. The molecule has 16 nitrogen and oxygen atoms in total. The van der Waals surface area contributed by atoms with Crippen molar-refractivity contribution in [2.45, 2.75) is 37.1 Å². The van der Waals surface area contributed by atoms with Gasteiger partial charge in [-0.15, -0.1) is 0 Å². The minimum atomic E-state index is -6.45. The summed E-state index contributed by atoms with van der Waals surface area (Å²) < 4.78 is 77.5. The number of nitrogens with one attached hydrogen (secondary N) is 1.